The first kappa shape index (κ1) is 22.1. The summed E-state index contributed by atoms with van der Waals surface area (Å²) >= 11 is 0. The average Bonchev–Trinajstić information content (AvgIpc) is 2.73. The maximum Gasteiger partial charge on any atom is 0.326 e. The molecule has 0 radical (unpaired) electrons. The van der Waals surface area contributed by atoms with Crippen molar-refractivity contribution >= 4 is 17.8 Å². The van der Waals surface area contributed by atoms with E-state index in [0.717, 1.165) is 11.1 Å². The molecule has 0 aliphatic carbocycles. The van der Waals surface area contributed by atoms with Crippen LogP contribution in [0.15, 0.2) is 60.7 Å². The third kappa shape index (κ3) is 5.22. The number of carboxylic acid groups (broad SMARTS) is 1. The van der Waals surface area contributed by atoms with Crippen LogP contribution in [0.4, 0.5) is 0 Å². The second kappa shape index (κ2) is 9.87. The van der Waals surface area contributed by atoms with Crippen molar-refractivity contribution in [3.05, 3.63) is 71.8 Å². The molecule has 6 nitrogen and oxygen atoms in total. The van der Waals surface area contributed by atoms with Crippen LogP contribution < -0.4 is 5.32 Å². The lowest BCUT2D eigenvalue weighted by Crippen LogP contribution is -2.50. The quantitative estimate of drug-likeness (QED) is 0.634. The molecule has 29 heavy (non-hydrogen) atoms. The number of hydrogen-bond acceptors (Lipinski definition) is 4. The van der Waals surface area contributed by atoms with Crippen molar-refractivity contribution in [1.29, 1.82) is 0 Å². The SMILES string of the molecule is CCOC(=O)[C@H](C)C[C@H](NC(=O)C(C)(c1ccccc1)c1ccccc1)C(=O)O. The molecule has 0 aliphatic heterocycles. The molecule has 2 rings (SSSR count). The summed E-state index contributed by atoms with van der Waals surface area (Å²) in [7, 11) is 0. The molecule has 0 aliphatic rings. The summed E-state index contributed by atoms with van der Waals surface area (Å²) in [5, 5.41) is 12.3. The maximum absolute atomic E-state index is 13.4. The standard InChI is InChI=1S/C23H27NO5/c1-4-29-21(27)16(2)15-19(20(25)26)24-22(28)23(3,17-11-7-5-8-12-17)18-13-9-6-10-14-18/h5-14,16,19H,4,15H2,1-3H3,(H,24,28)(H,25,26)/t16-,19+/m1/s1. The van der Waals surface area contributed by atoms with Gasteiger partial charge in [-0.3, -0.25) is 9.59 Å². The normalized spacial score (nSPS) is 13.2. The molecule has 0 unspecified atom stereocenters. The second-order valence-electron chi connectivity index (χ2n) is 7.11. The van der Waals surface area contributed by atoms with Crippen molar-refractivity contribution in [2.24, 2.45) is 5.92 Å². The Kier molecular flexibility index (Phi) is 7.53. The van der Waals surface area contributed by atoms with E-state index in [-0.39, 0.29) is 13.0 Å². The highest BCUT2D eigenvalue weighted by Gasteiger charge is 2.39. The van der Waals surface area contributed by atoms with Crippen LogP contribution in [0.3, 0.4) is 0 Å². The van der Waals surface area contributed by atoms with Gasteiger partial charge in [-0.2, -0.15) is 0 Å². The van der Waals surface area contributed by atoms with Gasteiger partial charge < -0.3 is 15.2 Å². The number of hydrogen-bond donors (Lipinski definition) is 2. The molecular weight excluding hydrogens is 370 g/mol. The van der Waals surface area contributed by atoms with Gasteiger partial charge in [-0.15, -0.1) is 0 Å². The van der Waals surface area contributed by atoms with E-state index in [0.29, 0.717) is 0 Å². The first-order chi connectivity index (χ1) is 13.8. The average molecular weight is 397 g/mol. The molecular formula is C23H27NO5. The summed E-state index contributed by atoms with van der Waals surface area (Å²) < 4.78 is 4.95. The zero-order valence-corrected chi connectivity index (χ0v) is 16.9. The summed E-state index contributed by atoms with van der Waals surface area (Å²) in [6.45, 7) is 5.26. The summed E-state index contributed by atoms with van der Waals surface area (Å²) in [6.07, 6.45) is -0.0560. The summed E-state index contributed by atoms with van der Waals surface area (Å²) in [4.78, 5) is 37.1. The molecule has 2 aromatic rings. The zero-order chi connectivity index (χ0) is 21.4. The van der Waals surface area contributed by atoms with Gasteiger partial charge in [0.25, 0.3) is 0 Å². The summed E-state index contributed by atoms with van der Waals surface area (Å²) in [5.74, 6) is -2.78. The van der Waals surface area contributed by atoms with Crippen LogP contribution in [0.5, 0.6) is 0 Å². The second-order valence-corrected chi connectivity index (χ2v) is 7.11. The van der Waals surface area contributed by atoms with E-state index in [1.807, 2.05) is 60.7 Å². The van der Waals surface area contributed by atoms with Crippen molar-refractivity contribution in [2.75, 3.05) is 6.61 Å². The Morgan fingerprint density at radius 3 is 1.90 bits per heavy atom. The first-order valence-corrected chi connectivity index (χ1v) is 9.62. The van der Waals surface area contributed by atoms with E-state index < -0.39 is 35.2 Å². The number of carbonyl (C=O) groups is 3. The molecule has 0 saturated carbocycles. The fourth-order valence-corrected chi connectivity index (χ4v) is 3.23. The highest BCUT2D eigenvalue weighted by atomic mass is 16.5. The van der Waals surface area contributed by atoms with E-state index in [1.54, 1.807) is 20.8 Å². The first-order valence-electron chi connectivity index (χ1n) is 9.62. The Labute approximate surface area is 170 Å². The minimum absolute atomic E-state index is 0.0560. The van der Waals surface area contributed by atoms with E-state index in [2.05, 4.69) is 5.32 Å². The van der Waals surface area contributed by atoms with Crippen LogP contribution in [0.1, 0.15) is 38.3 Å². The lowest BCUT2D eigenvalue weighted by Gasteiger charge is -2.31. The highest BCUT2D eigenvalue weighted by Crippen LogP contribution is 2.32. The Morgan fingerprint density at radius 2 is 1.48 bits per heavy atom. The number of benzene rings is 2. The third-order valence-corrected chi connectivity index (χ3v) is 5.04. The number of rotatable bonds is 9. The van der Waals surface area contributed by atoms with Crippen LogP contribution in [0.2, 0.25) is 0 Å². The topological polar surface area (TPSA) is 92.7 Å². The van der Waals surface area contributed by atoms with Crippen LogP contribution in [0.25, 0.3) is 0 Å². The predicted octanol–water partition coefficient (Wildman–Crippen LogP) is 3.15. The van der Waals surface area contributed by atoms with Gasteiger partial charge in [0, 0.05) is 0 Å². The van der Waals surface area contributed by atoms with E-state index in [9.17, 15) is 19.5 Å². The molecule has 1 amide bonds. The summed E-state index contributed by atoms with van der Waals surface area (Å²) in [6, 6.07) is 17.2. The molecule has 0 spiro atoms. The summed E-state index contributed by atoms with van der Waals surface area (Å²) in [5.41, 5.74) is 0.390. The van der Waals surface area contributed by atoms with Crippen LogP contribution in [-0.4, -0.2) is 35.6 Å². The third-order valence-electron chi connectivity index (χ3n) is 5.04. The minimum atomic E-state index is -1.21. The van der Waals surface area contributed by atoms with E-state index in [4.69, 9.17) is 4.74 Å². The lowest BCUT2D eigenvalue weighted by atomic mass is 9.75. The number of amides is 1. The molecule has 0 heterocycles. The van der Waals surface area contributed by atoms with Crippen molar-refractivity contribution < 1.29 is 24.2 Å². The van der Waals surface area contributed by atoms with E-state index in [1.165, 1.54) is 0 Å². The molecule has 2 aromatic carbocycles. The van der Waals surface area contributed by atoms with Crippen molar-refractivity contribution in [3.8, 4) is 0 Å². The number of ether oxygens (including phenoxy) is 1. The highest BCUT2D eigenvalue weighted by molar-refractivity contribution is 5.94. The van der Waals surface area contributed by atoms with Crippen molar-refractivity contribution in [2.45, 2.75) is 38.6 Å². The number of nitrogens with one attached hydrogen (secondary N) is 1. The number of aliphatic carboxylic acids is 1. The Hall–Kier alpha value is -3.15. The largest absolute Gasteiger partial charge is 0.480 e. The number of esters is 1. The van der Waals surface area contributed by atoms with Gasteiger partial charge in [0.15, 0.2) is 0 Å². The van der Waals surface area contributed by atoms with Gasteiger partial charge in [-0.1, -0.05) is 67.6 Å². The van der Waals surface area contributed by atoms with Crippen LogP contribution >= 0.6 is 0 Å². The predicted molar refractivity (Wildman–Crippen MR) is 109 cm³/mol. The molecule has 0 aromatic heterocycles. The number of carbonyl (C=O) groups excluding carboxylic acids is 2. The molecule has 0 fully saturated rings. The zero-order valence-electron chi connectivity index (χ0n) is 16.9. The van der Waals surface area contributed by atoms with Gasteiger partial charge >= 0.3 is 11.9 Å². The van der Waals surface area contributed by atoms with Gasteiger partial charge in [0.1, 0.15) is 6.04 Å². The number of carboxylic acids is 1. The van der Waals surface area contributed by atoms with Gasteiger partial charge in [0.05, 0.1) is 17.9 Å². The van der Waals surface area contributed by atoms with Gasteiger partial charge in [0.2, 0.25) is 5.91 Å². The molecule has 2 N–H and O–H groups in total. The van der Waals surface area contributed by atoms with Crippen molar-refractivity contribution in [1.82, 2.24) is 5.32 Å². The Morgan fingerprint density at radius 1 is 1.00 bits per heavy atom. The van der Waals surface area contributed by atoms with E-state index >= 15 is 0 Å². The minimum Gasteiger partial charge on any atom is -0.480 e. The fourth-order valence-electron chi connectivity index (χ4n) is 3.23. The molecule has 0 bridgehead atoms. The molecule has 2 atom stereocenters. The fraction of sp³-hybridized carbons (Fsp3) is 0.348. The van der Waals surface area contributed by atoms with Crippen LogP contribution in [0, 0.1) is 5.92 Å². The Balaban J connectivity index is 2.33. The molecule has 0 saturated heterocycles. The van der Waals surface area contributed by atoms with Gasteiger partial charge in [-0.25, -0.2) is 4.79 Å². The smallest absolute Gasteiger partial charge is 0.326 e. The van der Waals surface area contributed by atoms with Crippen molar-refractivity contribution in [3.63, 3.8) is 0 Å². The molecule has 154 valence electrons. The van der Waals surface area contributed by atoms with Gasteiger partial charge in [-0.05, 0) is 31.4 Å². The Bertz CT molecular complexity index is 795. The molecule has 6 heteroatoms. The lowest BCUT2D eigenvalue weighted by molar-refractivity contribution is -0.149. The maximum atomic E-state index is 13.4. The monoisotopic (exact) mass is 397 g/mol. The van der Waals surface area contributed by atoms with Crippen LogP contribution in [-0.2, 0) is 24.5 Å².